The van der Waals surface area contributed by atoms with Crippen molar-refractivity contribution in [1.29, 1.82) is 0 Å². The van der Waals surface area contributed by atoms with Gasteiger partial charge in [-0.3, -0.25) is 9.10 Å². The summed E-state index contributed by atoms with van der Waals surface area (Å²) in [6, 6.07) is 18.2. The van der Waals surface area contributed by atoms with Gasteiger partial charge in [0.2, 0.25) is 10.0 Å². The second-order valence-electron chi connectivity index (χ2n) is 6.94. The van der Waals surface area contributed by atoms with E-state index in [1.807, 2.05) is 0 Å². The minimum absolute atomic E-state index is 0.0534. The van der Waals surface area contributed by atoms with E-state index in [-0.39, 0.29) is 12.2 Å². The fraction of sp³-hybridized carbons (Fsp3) is 0.130. The van der Waals surface area contributed by atoms with Crippen LogP contribution in [0.25, 0.3) is 0 Å². The number of nitrogens with one attached hydrogen (secondary N) is 1. The summed E-state index contributed by atoms with van der Waals surface area (Å²) >= 11 is 0. The first kappa shape index (κ1) is 23.0. The maximum absolute atomic E-state index is 14.2. The third-order valence-electron chi connectivity index (χ3n) is 4.61. The van der Waals surface area contributed by atoms with Crippen molar-refractivity contribution < 1.29 is 27.1 Å². The monoisotopic (exact) mass is 456 g/mol. The first-order chi connectivity index (χ1) is 15.2. The Hall–Kier alpha value is -3.72. The highest BCUT2D eigenvalue weighted by Crippen LogP contribution is 2.24. The first-order valence-electron chi connectivity index (χ1n) is 9.50. The second kappa shape index (κ2) is 9.61. The molecule has 0 aliphatic rings. The van der Waals surface area contributed by atoms with Gasteiger partial charge in [0.15, 0.2) is 0 Å². The molecule has 3 aromatic carbocycles. The molecule has 3 rings (SSSR count). The van der Waals surface area contributed by atoms with Gasteiger partial charge in [0.1, 0.15) is 5.82 Å². The molecule has 0 unspecified atom stereocenters. The zero-order chi connectivity index (χ0) is 23.3. The average Bonchev–Trinajstić information content (AvgIpc) is 2.77. The molecular formula is C23H21FN2O5S. The van der Waals surface area contributed by atoms with Crippen molar-refractivity contribution in [2.24, 2.45) is 0 Å². The lowest BCUT2D eigenvalue weighted by molar-refractivity contribution is 0.0600. The number of anilines is 2. The number of methoxy groups -OCH3 is 1. The number of amides is 1. The summed E-state index contributed by atoms with van der Waals surface area (Å²) < 4.78 is 44.3. The van der Waals surface area contributed by atoms with Crippen LogP contribution in [0.5, 0.6) is 0 Å². The minimum Gasteiger partial charge on any atom is -0.465 e. The Balaban J connectivity index is 1.76. The number of rotatable bonds is 7. The summed E-state index contributed by atoms with van der Waals surface area (Å²) in [5, 5.41) is 2.69. The summed E-state index contributed by atoms with van der Waals surface area (Å²) in [6.45, 7) is -0.0944. The molecule has 0 bridgehead atoms. The number of nitrogens with zero attached hydrogens (tertiary/aromatic N) is 1. The molecule has 0 saturated heterocycles. The highest BCUT2D eigenvalue weighted by molar-refractivity contribution is 7.92. The van der Waals surface area contributed by atoms with Crippen molar-refractivity contribution in [3.8, 4) is 0 Å². The zero-order valence-corrected chi connectivity index (χ0v) is 18.2. The van der Waals surface area contributed by atoms with E-state index in [1.54, 1.807) is 36.4 Å². The number of hydrogen-bond donors (Lipinski definition) is 1. The van der Waals surface area contributed by atoms with E-state index in [2.05, 4.69) is 10.1 Å². The topological polar surface area (TPSA) is 92.8 Å². The number of ether oxygens (including phenoxy) is 1. The first-order valence-corrected chi connectivity index (χ1v) is 11.3. The van der Waals surface area contributed by atoms with Crippen molar-refractivity contribution in [1.82, 2.24) is 0 Å². The van der Waals surface area contributed by atoms with E-state index in [9.17, 15) is 22.4 Å². The van der Waals surface area contributed by atoms with Gasteiger partial charge < -0.3 is 10.1 Å². The molecule has 0 radical (unpaired) electrons. The van der Waals surface area contributed by atoms with E-state index in [0.29, 0.717) is 22.4 Å². The van der Waals surface area contributed by atoms with Gasteiger partial charge >= 0.3 is 5.97 Å². The fourth-order valence-corrected chi connectivity index (χ4v) is 3.90. The van der Waals surface area contributed by atoms with Crippen molar-refractivity contribution in [3.05, 3.63) is 95.3 Å². The number of para-hydroxylation sites is 1. The zero-order valence-electron chi connectivity index (χ0n) is 17.4. The van der Waals surface area contributed by atoms with Gasteiger partial charge in [-0.1, -0.05) is 30.3 Å². The normalized spacial score (nSPS) is 11.0. The van der Waals surface area contributed by atoms with E-state index in [1.165, 1.54) is 43.5 Å². The fourth-order valence-electron chi connectivity index (χ4n) is 3.01. The van der Waals surface area contributed by atoms with Crippen LogP contribution in [-0.2, 0) is 21.3 Å². The van der Waals surface area contributed by atoms with Crippen molar-refractivity contribution in [2.75, 3.05) is 23.0 Å². The molecule has 0 aliphatic carbocycles. The molecule has 0 atom stereocenters. The Morgan fingerprint density at radius 1 is 0.969 bits per heavy atom. The van der Waals surface area contributed by atoms with Gasteiger partial charge in [-0.2, -0.15) is 0 Å². The molecule has 3 aromatic rings. The van der Waals surface area contributed by atoms with Gasteiger partial charge in [-0.05, 0) is 48.0 Å². The Kier molecular flexibility index (Phi) is 6.89. The molecule has 7 nitrogen and oxygen atoms in total. The third kappa shape index (κ3) is 5.50. The summed E-state index contributed by atoms with van der Waals surface area (Å²) in [7, 11) is -2.47. The van der Waals surface area contributed by atoms with Gasteiger partial charge in [0, 0.05) is 11.3 Å². The number of benzene rings is 3. The predicted molar refractivity (Wildman–Crippen MR) is 120 cm³/mol. The Bertz CT molecular complexity index is 1240. The average molecular weight is 456 g/mol. The maximum Gasteiger partial charge on any atom is 0.337 e. The molecule has 0 saturated carbocycles. The van der Waals surface area contributed by atoms with Crippen LogP contribution in [0.3, 0.4) is 0 Å². The van der Waals surface area contributed by atoms with E-state index >= 15 is 0 Å². The molecule has 166 valence electrons. The number of esters is 1. The number of halogens is 1. The second-order valence-corrected chi connectivity index (χ2v) is 8.85. The van der Waals surface area contributed by atoms with Crippen LogP contribution in [0.2, 0.25) is 0 Å². The van der Waals surface area contributed by atoms with Crippen LogP contribution < -0.4 is 9.62 Å². The van der Waals surface area contributed by atoms with Crippen LogP contribution in [-0.4, -0.2) is 33.7 Å². The molecule has 1 amide bonds. The van der Waals surface area contributed by atoms with Gasteiger partial charge in [-0.15, -0.1) is 0 Å². The quantitative estimate of drug-likeness (QED) is 0.546. The largest absolute Gasteiger partial charge is 0.465 e. The summed E-state index contributed by atoms with van der Waals surface area (Å²) in [5.41, 5.74) is 1.57. The van der Waals surface area contributed by atoms with Crippen molar-refractivity contribution in [2.45, 2.75) is 6.54 Å². The molecule has 0 fully saturated rings. The number of carbonyl (C=O) groups excluding carboxylic acids is 2. The molecule has 0 heterocycles. The Morgan fingerprint density at radius 3 is 2.28 bits per heavy atom. The van der Waals surface area contributed by atoms with Crippen LogP contribution in [0.15, 0.2) is 72.8 Å². The molecule has 1 N–H and O–H groups in total. The van der Waals surface area contributed by atoms with Crippen LogP contribution in [0.4, 0.5) is 15.8 Å². The number of hydrogen-bond acceptors (Lipinski definition) is 5. The summed E-state index contributed by atoms with van der Waals surface area (Å²) in [5.74, 6) is -1.58. The Morgan fingerprint density at radius 2 is 1.66 bits per heavy atom. The standard InChI is InChI=1S/C23H21FN2O5S/c1-31-23(28)18-6-5-7-19(14-18)25-22(27)17-12-10-16(11-13-17)15-26(32(2,29)30)21-9-4-3-8-20(21)24/h3-14H,15H2,1-2H3,(H,25,27). The summed E-state index contributed by atoms with van der Waals surface area (Å²) in [4.78, 5) is 24.2. The van der Waals surface area contributed by atoms with Gasteiger partial charge in [0.25, 0.3) is 5.91 Å². The lowest BCUT2D eigenvalue weighted by atomic mass is 10.1. The minimum atomic E-state index is -3.74. The lowest BCUT2D eigenvalue weighted by Crippen LogP contribution is -2.30. The lowest BCUT2D eigenvalue weighted by Gasteiger charge is -2.23. The van der Waals surface area contributed by atoms with Crippen LogP contribution in [0, 0.1) is 5.82 Å². The third-order valence-corrected chi connectivity index (χ3v) is 5.73. The highest BCUT2D eigenvalue weighted by atomic mass is 32.2. The molecule has 0 spiro atoms. The van der Waals surface area contributed by atoms with Gasteiger partial charge in [-0.25, -0.2) is 17.6 Å². The molecule has 0 aromatic heterocycles. The van der Waals surface area contributed by atoms with Crippen molar-refractivity contribution >= 4 is 33.3 Å². The highest BCUT2D eigenvalue weighted by Gasteiger charge is 2.21. The predicted octanol–water partition coefficient (Wildman–Crippen LogP) is 3.83. The van der Waals surface area contributed by atoms with Crippen LogP contribution in [0.1, 0.15) is 26.3 Å². The van der Waals surface area contributed by atoms with E-state index < -0.39 is 27.7 Å². The van der Waals surface area contributed by atoms with E-state index in [0.717, 1.165) is 10.6 Å². The Labute approximate surface area is 185 Å². The van der Waals surface area contributed by atoms with Crippen LogP contribution >= 0.6 is 0 Å². The molecule has 32 heavy (non-hydrogen) atoms. The molecular weight excluding hydrogens is 435 g/mol. The number of sulfonamides is 1. The van der Waals surface area contributed by atoms with Crippen molar-refractivity contribution in [3.63, 3.8) is 0 Å². The molecule has 9 heteroatoms. The number of carbonyl (C=O) groups is 2. The molecule has 0 aliphatic heterocycles. The SMILES string of the molecule is COC(=O)c1cccc(NC(=O)c2ccc(CN(c3ccccc3F)S(C)(=O)=O)cc2)c1. The van der Waals surface area contributed by atoms with E-state index in [4.69, 9.17) is 0 Å². The maximum atomic E-state index is 14.2. The van der Waals surface area contributed by atoms with Gasteiger partial charge in [0.05, 0.1) is 31.2 Å². The smallest absolute Gasteiger partial charge is 0.337 e. The summed E-state index contributed by atoms with van der Waals surface area (Å²) in [6.07, 6.45) is 1.00.